The molecule has 0 heterocycles. The summed E-state index contributed by atoms with van der Waals surface area (Å²) in [5.74, 6) is -0.583. The first-order chi connectivity index (χ1) is 20.5. The molecule has 43 heavy (non-hydrogen) atoms. The Labute approximate surface area is 267 Å². The zero-order valence-corrected chi connectivity index (χ0v) is 27.0. The van der Waals surface area contributed by atoms with Crippen LogP contribution < -0.4 is 14.4 Å². The number of nitrogens with one attached hydrogen (secondary N) is 1. The van der Waals surface area contributed by atoms with Gasteiger partial charge in [0.05, 0.1) is 22.7 Å². The number of halogens is 3. The van der Waals surface area contributed by atoms with Gasteiger partial charge >= 0.3 is 0 Å². The van der Waals surface area contributed by atoms with Crippen molar-refractivity contribution in [1.29, 1.82) is 0 Å². The lowest BCUT2D eigenvalue weighted by molar-refractivity contribution is -0.139. The van der Waals surface area contributed by atoms with Gasteiger partial charge in [-0.2, -0.15) is 0 Å². The number of carbonyl (C=O) groups is 2. The Morgan fingerprint density at radius 2 is 1.65 bits per heavy atom. The van der Waals surface area contributed by atoms with Gasteiger partial charge in [0.2, 0.25) is 11.8 Å². The van der Waals surface area contributed by atoms with Gasteiger partial charge in [0.25, 0.3) is 10.0 Å². The topological polar surface area (TPSA) is 96.0 Å². The van der Waals surface area contributed by atoms with E-state index in [1.807, 2.05) is 0 Å². The van der Waals surface area contributed by atoms with E-state index in [9.17, 15) is 18.0 Å². The molecule has 1 aliphatic carbocycles. The summed E-state index contributed by atoms with van der Waals surface area (Å²) in [6, 6.07) is 16.2. The molecule has 0 saturated heterocycles. The Morgan fingerprint density at radius 1 is 0.953 bits per heavy atom. The first-order valence-corrected chi connectivity index (χ1v) is 16.5. The van der Waals surface area contributed by atoms with Gasteiger partial charge in [0.1, 0.15) is 18.3 Å². The van der Waals surface area contributed by atoms with Crippen LogP contribution in [-0.2, 0) is 26.2 Å². The third kappa shape index (κ3) is 8.15. The molecule has 1 aliphatic rings. The second-order valence-electron chi connectivity index (χ2n) is 10.4. The summed E-state index contributed by atoms with van der Waals surface area (Å²) in [6.07, 6.45) is 4.92. The average molecular weight is 667 g/mol. The SMILES string of the molecule is COc1ccc(N(CC(=O)N(Cc2ccc(Cl)cc2Cl)[C@@H](C)C(=O)NC2CCCCC2)S(=O)(=O)c2ccccc2)cc1Cl. The standard InChI is InChI=1S/C31H34Cl3N3O5S/c1-21(31(39)35-24-9-5-3-6-10-24)36(19-22-13-14-23(32)17-27(22)33)30(38)20-37(25-15-16-29(42-2)28(34)18-25)43(40,41)26-11-7-4-8-12-26/h4,7-8,11-18,21,24H,3,5-6,9-10,19-20H2,1-2H3,(H,35,39)/t21-/m0/s1. The van der Waals surface area contributed by atoms with E-state index in [0.29, 0.717) is 21.4 Å². The van der Waals surface area contributed by atoms with Crippen molar-refractivity contribution in [1.82, 2.24) is 10.2 Å². The predicted molar refractivity (Wildman–Crippen MR) is 170 cm³/mol. The van der Waals surface area contributed by atoms with Crippen LogP contribution in [0.3, 0.4) is 0 Å². The Bertz CT molecular complexity index is 1550. The zero-order valence-electron chi connectivity index (χ0n) is 23.9. The second kappa shape index (κ2) is 14.7. The van der Waals surface area contributed by atoms with Crippen LogP contribution in [0.1, 0.15) is 44.6 Å². The van der Waals surface area contributed by atoms with Gasteiger partial charge in [-0.1, -0.05) is 78.3 Å². The van der Waals surface area contributed by atoms with Crippen LogP contribution >= 0.6 is 34.8 Å². The van der Waals surface area contributed by atoms with Crippen LogP contribution in [0.5, 0.6) is 5.75 Å². The number of ether oxygens (including phenoxy) is 1. The summed E-state index contributed by atoms with van der Waals surface area (Å²) < 4.78 is 34.1. The maximum absolute atomic E-state index is 14.1. The average Bonchev–Trinajstić information content (AvgIpc) is 3.00. The number of hydrogen-bond acceptors (Lipinski definition) is 5. The number of amides is 2. The van der Waals surface area contributed by atoms with Crippen molar-refractivity contribution in [2.24, 2.45) is 0 Å². The molecule has 0 spiro atoms. The molecule has 0 radical (unpaired) electrons. The summed E-state index contributed by atoms with van der Waals surface area (Å²) in [5, 5.41) is 3.99. The lowest BCUT2D eigenvalue weighted by Gasteiger charge is -2.33. The van der Waals surface area contributed by atoms with Crippen LogP contribution in [0.2, 0.25) is 15.1 Å². The molecule has 12 heteroatoms. The van der Waals surface area contributed by atoms with Gasteiger partial charge in [0, 0.05) is 22.6 Å². The molecule has 0 bridgehead atoms. The maximum Gasteiger partial charge on any atom is 0.264 e. The van der Waals surface area contributed by atoms with Gasteiger partial charge in [0.15, 0.2) is 0 Å². The number of hydrogen-bond donors (Lipinski definition) is 1. The van der Waals surface area contributed by atoms with Crippen LogP contribution in [0.15, 0.2) is 71.6 Å². The molecule has 0 unspecified atom stereocenters. The fraction of sp³-hybridized carbons (Fsp3) is 0.355. The highest BCUT2D eigenvalue weighted by atomic mass is 35.5. The van der Waals surface area contributed by atoms with Crippen molar-refractivity contribution >= 4 is 62.3 Å². The molecule has 1 N–H and O–H groups in total. The normalized spacial score (nSPS) is 14.5. The van der Waals surface area contributed by atoms with Crippen LogP contribution in [0.4, 0.5) is 5.69 Å². The van der Waals surface area contributed by atoms with E-state index in [-0.39, 0.29) is 34.1 Å². The minimum Gasteiger partial charge on any atom is -0.495 e. The van der Waals surface area contributed by atoms with Gasteiger partial charge in [-0.25, -0.2) is 8.42 Å². The van der Waals surface area contributed by atoms with E-state index in [4.69, 9.17) is 39.5 Å². The fourth-order valence-electron chi connectivity index (χ4n) is 5.04. The van der Waals surface area contributed by atoms with E-state index in [1.165, 1.54) is 42.3 Å². The molecule has 1 fully saturated rings. The highest BCUT2D eigenvalue weighted by molar-refractivity contribution is 7.92. The first-order valence-electron chi connectivity index (χ1n) is 14.0. The molecule has 1 atom stereocenters. The van der Waals surface area contributed by atoms with Crippen molar-refractivity contribution in [3.05, 3.63) is 87.4 Å². The third-order valence-electron chi connectivity index (χ3n) is 7.51. The number of methoxy groups -OCH3 is 1. The first kappa shape index (κ1) is 32.9. The van der Waals surface area contributed by atoms with Crippen molar-refractivity contribution < 1.29 is 22.7 Å². The molecule has 230 valence electrons. The van der Waals surface area contributed by atoms with Crippen molar-refractivity contribution in [2.45, 2.75) is 62.6 Å². The molecular weight excluding hydrogens is 633 g/mol. The zero-order chi connectivity index (χ0) is 31.1. The number of sulfonamides is 1. The lowest BCUT2D eigenvalue weighted by atomic mass is 9.95. The molecular formula is C31H34Cl3N3O5S. The van der Waals surface area contributed by atoms with Crippen LogP contribution in [0.25, 0.3) is 0 Å². The molecule has 0 aromatic heterocycles. The van der Waals surface area contributed by atoms with Gasteiger partial charge in [-0.3, -0.25) is 13.9 Å². The summed E-state index contributed by atoms with van der Waals surface area (Å²) >= 11 is 18.9. The monoisotopic (exact) mass is 665 g/mol. The Morgan fingerprint density at radius 3 is 2.28 bits per heavy atom. The summed E-state index contributed by atoms with van der Waals surface area (Å²) in [7, 11) is -2.79. The number of carbonyl (C=O) groups excluding carboxylic acids is 2. The minimum absolute atomic E-state index is 0.00914. The molecule has 2 amide bonds. The summed E-state index contributed by atoms with van der Waals surface area (Å²) in [5.41, 5.74) is 0.716. The molecule has 3 aromatic carbocycles. The Hall–Kier alpha value is -2.98. The molecule has 4 rings (SSSR count). The predicted octanol–water partition coefficient (Wildman–Crippen LogP) is 6.72. The van der Waals surface area contributed by atoms with Crippen molar-refractivity contribution in [3.63, 3.8) is 0 Å². The summed E-state index contributed by atoms with van der Waals surface area (Å²) in [4.78, 5) is 28.9. The molecule has 8 nitrogen and oxygen atoms in total. The number of rotatable bonds is 11. The largest absolute Gasteiger partial charge is 0.495 e. The highest BCUT2D eigenvalue weighted by Crippen LogP contribution is 2.32. The van der Waals surface area contributed by atoms with E-state index in [1.54, 1.807) is 43.3 Å². The Kier molecular flexibility index (Phi) is 11.2. The molecule has 1 saturated carbocycles. The maximum atomic E-state index is 14.1. The number of nitrogens with zero attached hydrogens (tertiary/aromatic N) is 2. The van der Waals surface area contributed by atoms with Gasteiger partial charge in [-0.05, 0) is 67.8 Å². The second-order valence-corrected chi connectivity index (χ2v) is 13.5. The third-order valence-corrected chi connectivity index (χ3v) is 10.2. The van der Waals surface area contributed by atoms with Crippen LogP contribution in [-0.4, -0.2) is 50.9 Å². The van der Waals surface area contributed by atoms with E-state index in [2.05, 4.69) is 5.32 Å². The molecule has 0 aliphatic heterocycles. The van der Waals surface area contributed by atoms with E-state index >= 15 is 0 Å². The quantitative estimate of drug-likeness (QED) is 0.245. The van der Waals surface area contributed by atoms with E-state index < -0.39 is 28.5 Å². The van der Waals surface area contributed by atoms with E-state index in [0.717, 1.165) is 36.4 Å². The van der Waals surface area contributed by atoms with Crippen molar-refractivity contribution in [2.75, 3.05) is 18.0 Å². The fourth-order valence-corrected chi connectivity index (χ4v) is 7.19. The number of benzene rings is 3. The van der Waals surface area contributed by atoms with Crippen LogP contribution in [0, 0.1) is 0 Å². The number of anilines is 1. The Balaban J connectivity index is 1.71. The van der Waals surface area contributed by atoms with Gasteiger partial charge in [-0.15, -0.1) is 0 Å². The highest BCUT2D eigenvalue weighted by Gasteiger charge is 2.33. The summed E-state index contributed by atoms with van der Waals surface area (Å²) in [6.45, 7) is 0.975. The smallest absolute Gasteiger partial charge is 0.264 e. The van der Waals surface area contributed by atoms with Gasteiger partial charge < -0.3 is 15.0 Å². The van der Waals surface area contributed by atoms with Crippen molar-refractivity contribution in [3.8, 4) is 5.75 Å². The minimum atomic E-state index is -4.23. The lowest BCUT2D eigenvalue weighted by Crippen LogP contribution is -2.53. The molecule has 3 aromatic rings.